The Morgan fingerprint density at radius 3 is 1.62 bits per heavy atom. The van der Waals surface area contributed by atoms with Crippen LogP contribution in [0.5, 0.6) is 0 Å². The SMILES string of the molecule is Cc1ccc(-c2c(-c3ccc(C)cc3)n(Cc3ccccc3)c3c4ccc(C)cc4c4cc(C)ccc4c23)cc1. The van der Waals surface area contributed by atoms with Crippen molar-refractivity contribution in [2.75, 3.05) is 0 Å². The Morgan fingerprint density at radius 2 is 1.00 bits per heavy atom. The van der Waals surface area contributed by atoms with E-state index in [4.69, 9.17) is 0 Å². The molecule has 1 heteroatoms. The van der Waals surface area contributed by atoms with E-state index in [9.17, 15) is 0 Å². The molecule has 0 bridgehead atoms. The molecule has 0 aliphatic rings. The van der Waals surface area contributed by atoms with Crippen molar-refractivity contribution in [3.05, 3.63) is 143 Å². The summed E-state index contributed by atoms with van der Waals surface area (Å²) in [7, 11) is 0. The molecule has 6 aromatic carbocycles. The molecule has 0 aliphatic carbocycles. The smallest absolute Gasteiger partial charge is 0.0581 e. The van der Waals surface area contributed by atoms with Crippen LogP contribution >= 0.6 is 0 Å². The second-order valence-electron chi connectivity index (χ2n) is 11.3. The van der Waals surface area contributed by atoms with Crippen molar-refractivity contribution < 1.29 is 0 Å². The third-order valence-electron chi connectivity index (χ3n) is 8.28. The van der Waals surface area contributed by atoms with Crippen molar-refractivity contribution in [2.45, 2.75) is 34.2 Å². The molecule has 1 heterocycles. The van der Waals surface area contributed by atoms with E-state index in [1.807, 2.05) is 0 Å². The molecule has 1 aromatic heterocycles. The van der Waals surface area contributed by atoms with Crippen LogP contribution in [0.25, 0.3) is 54.8 Å². The Morgan fingerprint density at radius 1 is 0.475 bits per heavy atom. The second-order valence-corrected chi connectivity index (χ2v) is 11.3. The summed E-state index contributed by atoms with van der Waals surface area (Å²) < 4.78 is 2.58. The van der Waals surface area contributed by atoms with Gasteiger partial charge in [0.15, 0.2) is 0 Å². The Hall–Kier alpha value is -4.62. The van der Waals surface area contributed by atoms with Crippen molar-refractivity contribution >= 4 is 32.4 Å². The first-order chi connectivity index (χ1) is 19.5. The zero-order valence-electron chi connectivity index (χ0n) is 23.6. The lowest BCUT2D eigenvalue weighted by molar-refractivity contribution is 0.848. The van der Waals surface area contributed by atoms with Crippen molar-refractivity contribution in [2.24, 2.45) is 0 Å². The van der Waals surface area contributed by atoms with Gasteiger partial charge in [0.1, 0.15) is 0 Å². The van der Waals surface area contributed by atoms with Gasteiger partial charge in [0.25, 0.3) is 0 Å². The number of hydrogen-bond acceptors (Lipinski definition) is 0. The summed E-state index contributed by atoms with van der Waals surface area (Å²) in [6.07, 6.45) is 0. The van der Waals surface area contributed by atoms with E-state index in [-0.39, 0.29) is 0 Å². The maximum absolute atomic E-state index is 2.58. The van der Waals surface area contributed by atoms with Crippen LogP contribution in [0.4, 0.5) is 0 Å². The van der Waals surface area contributed by atoms with E-state index >= 15 is 0 Å². The Kier molecular flexibility index (Phi) is 5.82. The van der Waals surface area contributed by atoms with Gasteiger partial charge in [-0.1, -0.05) is 138 Å². The molecule has 194 valence electrons. The Labute approximate surface area is 236 Å². The van der Waals surface area contributed by atoms with Gasteiger partial charge in [0.05, 0.1) is 11.2 Å². The zero-order valence-corrected chi connectivity index (χ0v) is 23.6. The van der Waals surface area contributed by atoms with Gasteiger partial charge in [0.2, 0.25) is 0 Å². The van der Waals surface area contributed by atoms with Crippen molar-refractivity contribution in [1.82, 2.24) is 4.57 Å². The summed E-state index contributed by atoms with van der Waals surface area (Å²) in [4.78, 5) is 0. The van der Waals surface area contributed by atoms with Gasteiger partial charge in [-0.15, -0.1) is 0 Å². The molecule has 0 saturated heterocycles. The van der Waals surface area contributed by atoms with E-state index < -0.39 is 0 Å². The molecular formula is C39H33N. The van der Waals surface area contributed by atoms with Crippen LogP contribution in [-0.4, -0.2) is 4.57 Å². The molecule has 0 unspecified atom stereocenters. The highest BCUT2D eigenvalue weighted by Crippen LogP contribution is 2.48. The monoisotopic (exact) mass is 515 g/mol. The molecule has 0 N–H and O–H groups in total. The molecule has 0 radical (unpaired) electrons. The van der Waals surface area contributed by atoms with Crippen molar-refractivity contribution in [1.29, 1.82) is 0 Å². The number of hydrogen-bond donors (Lipinski definition) is 0. The highest BCUT2D eigenvalue weighted by Gasteiger charge is 2.24. The van der Waals surface area contributed by atoms with Crippen molar-refractivity contribution in [3.63, 3.8) is 0 Å². The lowest BCUT2D eigenvalue weighted by Gasteiger charge is -2.15. The van der Waals surface area contributed by atoms with E-state index in [1.165, 1.54) is 82.6 Å². The summed E-state index contributed by atoms with van der Waals surface area (Å²) >= 11 is 0. The molecule has 1 nitrogen and oxygen atoms in total. The van der Waals surface area contributed by atoms with Crippen LogP contribution in [0.1, 0.15) is 27.8 Å². The number of aromatic nitrogens is 1. The lowest BCUT2D eigenvalue weighted by Crippen LogP contribution is -2.03. The second kappa shape index (κ2) is 9.54. The molecule has 7 aromatic rings. The minimum absolute atomic E-state index is 0.798. The van der Waals surface area contributed by atoms with Gasteiger partial charge in [-0.3, -0.25) is 0 Å². The molecule has 0 atom stereocenters. The predicted molar refractivity (Wildman–Crippen MR) is 172 cm³/mol. The van der Waals surface area contributed by atoms with Gasteiger partial charge in [-0.25, -0.2) is 0 Å². The number of rotatable bonds is 4. The first-order valence-electron chi connectivity index (χ1n) is 14.1. The third-order valence-corrected chi connectivity index (χ3v) is 8.28. The summed E-state index contributed by atoms with van der Waals surface area (Å²) in [6.45, 7) is 9.52. The highest BCUT2D eigenvalue weighted by atomic mass is 15.0. The van der Waals surface area contributed by atoms with Gasteiger partial charge < -0.3 is 4.57 Å². The summed E-state index contributed by atoms with van der Waals surface area (Å²) in [5.74, 6) is 0. The van der Waals surface area contributed by atoms with Crippen LogP contribution in [-0.2, 0) is 6.54 Å². The minimum Gasteiger partial charge on any atom is -0.335 e. The maximum Gasteiger partial charge on any atom is 0.0581 e. The third kappa shape index (κ3) is 4.01. The van der Waals surface area contributed by atoms with Crippen molar-refractivity contribution in [3.8, 4) is 22.4 Å². The summed E-state index contributed by atoms with van der Waals surface area (Å²) in [5, 5.41) is 6.60. The fraction of sp³-hybridized carbons (Fsp3) is 0.128. The highest BCUT2D eigenvalue weighted by molar-refractivity contribution is 6.30. The maximum atomic E-state index is 2.58. The molecule has 0 amide bonds. The number of aryl methyl sites for hydroxylation is 4. The average Bonchev–Trinajstić information content (AvgIpc) is 3.29. The molecule has 0 spiro atoms. The molecule has 0 aliphatic heterocycles. The van der Waals surface area contributed by atoms with Gasteiger partial charge >= 0.3 is 0 Å². The fourth-order valence-electron chi connectivity index (χ4n) is 6.28. The van der Waals surface area contributed by atoms with Gasteiger partial charge in [-0.2, -0.15) is 0 Å². The van der Waals surface area contributed by atoms with E-state index in [1.54, 1.807) is 0 Å². The molecule has 0 fully saturated rings. The van der Waals surface area contributed by atoms with E-state index in [2.05, 4.69) is 148 Å². The minimum atomic E-state index is 0.798. The zero-order chi connectivity index (χ0) is 27.4. The van der Waals surface area contributed by atoms with Crippen LogP contribution in [0.2, 0.25) is 0 Å². The summed E-state index contributed by atoms with van der Waals surface area (Å²) in [5.41, 5.74) is 12.8. The first-order valence-corrected chi connectivity index (χ1v) is 14.1. The normalized spacial score (nSPS) is 11.6. The Bertz CT molecular complexity index is 2020. The fourth-order valence-corrected chi connectivity index (χ4v) is 6.28. The van der Waals surface area contributed by atoms with Crippen LogP contribution in [0.15, 0.2) is 115 Å². The van der Waals surface area contributed by atoms with Crippen LogP contribution in [0.3, 0.4) is 0 Å². The largest absolute Gasteiger partial charge is 0.335 e. The van der Waals surface area contributed by atoms with Gasteiger partial charge in [0, 0.05) is 22.9 Å². The quantitative estimate of drug-likeness (QED) is 0.205. The number of nitrogens with zero attached hydrogens (tertiary/aromatic N) is 1. The Balaban J connectivity index is 1.75. The topological polar surface area (TPSA) is 4.93 Å². The predicted octanol–water partition coefficient (Wildman–Crippen LogP) is 10.6. The van der Waals surface area contributed by atoms with Crippen LogP contribution in [0, 0.1) is 27.7 Å². The molecule has 40 heavy (non-hydrogen) atoms. The number of benzene rings is 6. The standard InChI is InChI=1S/C39H33N/c1-25-10-16-30(17-11-25)36-37-32-20-14-27(3)22-34(32)35-23-28(4)15-21-33(35)39(37)40(24-29-8-6-5-7-9-29)38(36)31-18-12-26(2)13-19-31/h5-23H,24H2,1-4H3. The first kappa shape index (κ1) is 24.4. The van der Waals surface area contributed by atoms with E-state index in [0.717, 1.165) is 6.54 Å². The molecule has 7 rings (SSSR count). The van der Waals surface area contributed by atoms with E-state index in [0.29, 0.717) is 0 Å². The molecular weight excluding hydrogens is 482 g/mol. The average molecular weight is 516 g/mol. The number of fused-ring (bicyclic) bond motifs is 6. The molecule has 0 saturated carbocycles. The summed E-state index contributed by atoms with van der Waals surface area (Å²) in [6, 6.07) is 43.0. The lowest BCUT2D eigenvalue weighted by atomic mass is 9.91. The van der Waals surface area contributed by atoms with Gasteiger partial charge in [-0.05, 0) is 60.5 Å². The van der Waals surface area contributed by atoms with Crippen LogP contribution < -0.4 is 0 Å².